The van der Waals surface area contributed by atoms with Gasteiger partial charge in [0.05, 0.1) is 8.00 Å². The van der Waals surface area contributed by atoms with E-state index >= 15 is 0 Å². The van der Waals surface area contributed by atoms with Gasteiger partial charge in [-0.05, 0) is 67.1 Å². The van der Waals surface area contributed by atoms with E-state index in [9.17, 15) is 19.2 Å². The Morgan fingerprint density at radius 1 is 0.480 bits per heavy atom. The number of aromatic hydroxyl groups is 2. The number of carbonyl (C=O) groups excluding carboxylic acids is 1. The molecule has 6 rings (SSSR count). The van der Waals surface area contributed by atoms with Crippen LogP contribution in [0.15, 0.2) is 133 Å². The van der Waals surface area contributed by atoms with E-state index in [4.69, 9.17) is 37.7 Å². The van der Waals surface area contributed by atoms with Gasteiger partial charge in [0, 0.05) is 30.2 Å². The summed E-state index contributed by atoms with van der Waals surface area (Å²) in [4.78, 5) is 44.7. The quantitative estimate of drug-likeness (QED) is 0.0370. The van der Waals surface area contributed by atoms with Crippen LogP contribution in [-0.2, 0) is 28.0 Å². The van der Waals surface area contributed by atoms with Crippen molar-refractivity contribution in [2.75, 3.05) is 2.43 Å². The van der Waals surface area contributed by atoms with Crippen molar-refractivity contribution in [3.05, 3.63) is 157 Å². The summed E-state index contributed by atoms with van der Waals surface area (Å²) in [5.41, 5.74) is 1.38. The molecule has 0 aliphatic carbocycles. The third-order valence-electron chi connectivity index (χ3n) is 11.9. The van der Waals surface area contributed by atoms with Crippen molar-refractivity contribution in [2.45, 2.75) is 231 Å². The molecule has 1 aliphatic heterocycles. The summed E-state index contributed by atoms with van der Waals surface area (Å²) in [6, 6.07) is 39.6. The van der Waals surface area contributed by atoms with Crippen molar-refractivity contribution in [3.63, 3.8) is 0 Å². The Labute approximate surface area is 779 Å². The van der Waals surface area contributed by atoms with E-state index in [2.05, 4.69) is 309 Å². The van der Waals surface area contributed by atoms with Crippen LogP contribution in [0.5, 0.6) is 28.7 Å². The number of fused-ring (bicyclic) bond motifs is 1. The van der Waals surface area contributed by atoms with Crippen molar-refractivity contribution in [3.8, 4) is 28.7 Å². The van der Waals surface area contributed by atoms with Crippen molar-refractivity contribution in [1.82, 2.24) is 0 Å². The first-order chi connectivity index (χ1) is 46.0. The van der Waals surface area contributed by atoms with E-state index in [1.807, 2.05) is 256 Å². The SMILES string of the molecule is CC.CC.CC.CC.CC.CC(C)(C)[Si](O)(Oc1ccccc1)C(C)(C)C.CC(C)(C)[Si](O)(Oc1ccccc1)C(C)(C)C.CC(C)(C)[Si]1(C(C)(C)C)OC(=O)c2ccccc2O1.Cc1ccccc1O.IC(I)I.IC(I)I.ICI.O=C(O)c1ccccc1O.[C-]#[O+].[I][V][I].[I][V][I]. The molecule has 0 fully saturated rings. The molecule has 100 heavy (non-hydrogen) atoms. The van der Waals surface area contributed by atoms with Crippen LogP contribution in [-0.4, -0.2) is 64.8 Å². The number of halogens is 12. The summed E-state index contributed by atoms with van der Waals surface area (Å²) in [6.45, 7) is 63.5. The molecule has 0 aromatic heterocycles. The number of benzene rings is 5. The Hall–Kier alpha value is 4.28. The summed E-state index contributed by atoms with van der Waals surface area (Å²) in [5.74, 6) is 0.979. The molecular formula is C71H118I12O12Si3V2. The van der Waals surface area contributed by atoms with Crippen molar-refractivity contribution < 1.29 is 75.8 Å². The molecular weight excluding hydrogens is 2750 g/mol. The van der Waals surface area contributed by atoms with Gasteiger partial charge in [0.15, 0.2) is 0 Å². The Bertz CT molecular complexity index is 2580. The molecule has 0 saturated carbocycles. The number of aromatic carboxylic acids is 1. The van der Waals surface area contributed by atoms with E-state index in [1.54, 1.807) is 24.3 Å². The van der Waals surface area contributed by atoms with E-state index in [-0.39, 0.29) is 47.5 Å². The molecule has 0 saturated heterocycles. The summed E-state index contributed by atoms with van der Waals surface area (Å²) in [5, 5.41) is 24.9. The fourth-order valence-corrected chi connectivity index (χ4v) is 19.3. The number of alkyl halides is 8. The van der Waals surface area contributed by atoms with Gasteiger partial charge in [0.1, 0.15) is 34.2 Å². The topological polar surface area (TPSA) is 192 Å². The molecule has 0 bridgehead atoms. The minimum absolute atomic E-state index is 0.0671. The molecule has 0 atom stereocenters. The average Bonchev–Trinajstić information content (AvgIpc) is 0.739. The first kappa shape index (κ1) is 125. The predicted octanol–water partition coefficient (Wildman–Crippen LogP) is 30.9. The van der Waals surface area contributed by atoms with E-state index in [0.29, 0.717) is 36.0 Å². The number of phenolic OH excluding ortho intramolecular Hbond substituents is 1. The number of carbonyl (C=O) groups is 2. The number of carboxylic acids is 1. The molecule has 0 spiro atoms. The van der Waals surface area contributed by atoms with Crippen molar-refractivity contribution in [2.24, 2.45) is 0 Å². The Morgan fingerprint density at radius 3 is 0.940 bits per heavy atom. The monoisotopic (exact) mass is 2870 g/mol. The van der Waals surface area contributed by atoms with Crippen LogP contribution >= 0.6 is 261 Å². The first-order valence-corrected chi connectivity index (χ1v) is 65.8. The maximum absolute atomic E-state index is 12.3. The van der Waals surface area contributed by atoms with Crippen LogP contribution in [0.1, 0.15) is 220 Å². The fourth-order valence-electron chi connectivity index (χ4n) is 8.22. The van der Waals surface area contributed by atoms with Crippen LogP contribution in [0.2, 0.25) is 30.2 Å². The van der Waals surface area contributed by atoms with Crippen LogP contribution in [0.25, 0.3) is 0 Å². The first-order valence-electron chi connectivity index (χ1n) is 31.7. The number of carboxylic acid groups (broad SMARTS) is 1. The number of phenols is 2. The van der Waals surface area contributed by atoms with E-state index < -0.39 is 31.7 Å². The van der Waals surface area contributed by atoms with Gasteiger partial charge in [-0.25, -0.2) is 9.59 Å². The van der Waals surface area contributed by atoms with Crippen LogP contribution < -0.4 is 13.3 Å². The van der Waals surface area contributed by atoms with Gasteiger partial charge >= 0.3 is 148 Å². The normalized spacial score (nSPS) is 11.2. The Kier molecular flexibility index (Phi) is 89.0. The zero-order valence-corrected chi connectivity index (χ0v) is 95.8. The second-order valence-corrected chi connectivity index (χ2v) is 88.0. The molecule has 1 aliphatic rings. The molecule has 5 aromatic carbocycles. The summed E-state index contributed by atoms with van der Waals surface area (Å²) >= 11 is 27.9. The number of hydrogen-bond acceptors (Lipinski definition) is 10. The fraction of sp³-hybridized carbons (Fsp3) is 0.535. The zero-order valence-electron chi connectivity index (χ0n) is 64.1. The van der Waals surface area contributed by atoms with Gasteiger partial charge in [-0.2, -0.15) is 0 Å². The second kappa shape index (κ2) is 71.1. The minimum atomic E-state index is -2.89. The summed E-state index contributed by atoms with van der Waals surface area (Å²) in [6.07, 6.45) is 0. The third kappa shape index (κ3) is 57.3. The van der Waals surface area contributed by atoms with Gasteiger partial charge in [-0.1, -0.05) is 453 Å². The third-order valence-corrected chi connectivity index (χ3v) is 26.0. The van der Waals surface area contributed by atoms with E-state index in [1.165, 1.54) is 14.6 Å². The van der Waals surface area contributed by atoms with Crippen LogP contribution in [0, 0.1) is 13.6 Å². The number of hydrogen-bond donors (Lipinski definition) is 5. The predicted molar refractivity (Wildman–Crippen MR) is 536 cm³/mol. The molecule has 29 heteroatoms. The molecule has 0 unspecified atom stereocenters. The molecule has 0 amide bonds. The standard InChI is InChI=1S/C15H22O3Si.2C14H24O2Si.C7H6O3.C7H8O.5C2H6.2CHI3.CH2I2.CO.4HI.2V/c1-14(2,3)19(15(4,5)6)17-12-10-8-7-9-11(12)13(16)18-19;2*1-13(2,3)17(15,14(4,5)6)16-12-10-8-7-9-11-12;8-6-4-2-1-3-5(6)7(9)10;1-6-4-2-3-5-7(6)8;5*1-2;2*2-1(3)4;2-1-3;1-2;;;;;;/h7-10H,1-6H3;2*7-11,15H,1-6H3;1-4,8H,(H,9,10);2-5,8H,1H3;5*1-2H3;2*1H;1H2;;4*1H;;/q;;;;;;;;;;;;;;;;;;2*+2/p-4. The molecule has 0 radical (unpaired) electrons. The number of aryl methyl sites for hydroxylation is 1. The van der Waals surface area contributed by atoms with Gasteiger partial charge in [-0.3, -0.25) is 0 Å². The number of rotatable bonds is 5. The molecule has 1 heterocycles. The zero-order chi connectivity index (χ0) is 81.9. The molecule has 5 aromatic rings. The van der Waals surface area contributed by atoms with Crippen molar-refractivity contribution in [1.29, 1.82) is 0 Å². The van der Waals surface area contributed by atoms with Crippen LogP contribution in [0.3, 0.4) is 0 Å². The van der Waals surface area contributed by atoms with Gasteiger partial charge in [-0.15, -0.1) is 0 Å². The van der Waals surface area contributed by atoms with E-state index in [0.717, 1.165) is 16.9 Å². The Morgan fingerprint density at radius 2 is 0.720 bits per heavy atom. The van der Waals surface area contributed by atoms with Gasteiger partial charge < -0.3 is 42.6 Å². The second-order valence-electron chi connectivity index (χ2n) is 24.6. The number of para-hydroxylation sites is 5. The molecule has 5 N–H and O–H groups in total. The molecule has 580 valence electrons. The average molecular weight is 2870 g/mol. The van der Waals surface area contributed by atoms with Crippen molar-refractivity contribution >= 4 is 298 Å². The van der Waals surface area contributed by atoms with Gasteiger partial charge in [0.2, 0.25) is 0 Å². The van der Waals surface area contributed by atoms with Gasteiger partial charge in [0.25, 0.3) is 0 Å². The molecule has 12 nitrogen and oxygen atoms in total. The maximum atomic E-state index is 12.3. The summed E-state index contributed by atoms with van der Waals surface area (Å²) in [7, 11) is -7.28. The van der Waals surface area contributed by atoms with Crippen LogP contribution in [0.4, 0.5) is 0 Å². The summed E-state index contributed by atoms with van der Waals surface area (Å²) < 4.78 is 34.4. The Balaban J connectivity index is -0.000000117.